The molecule has 0 aromatic heterocycles. The average Bonchev–Trinajstić information content (AvgIpc) is 1.84. The van der Waals surface area contributed by atoms with Crippen LogP contribution in [0.25, 0.3) is 0 Å². The second kappa shape index (κ2) is 12.6. The summed E-state index contributed by atoms with van der Waals surface area (Å²) in [6.07, 6.45) is -4.88. The number of carbonyl (C=O) groups excluding carboxylic acids is 2. The van der Waals surface area contributed by atoms with Crippen LogP contribution in [0.1, 0.15) is 0 Å². The van der Waals surface area contributed by atoms with Gasteiger partial charge in [-0.3, -0.25) is 0 Å². The van der Waals surface area contributed by atoms with Crippen molar-refractivity contribution in [3.63, 3.8) is 0 Å². The number of aliphatic carboxylic acids is 2. The molecule has 0 bridgehead atoms. The third kappa shape index (κ3) is 10.8. The number of carbonyl (C=O) groups is 2. The maximum Gasteiger partial charge on any atom is 1.00 e. The molecule has 0 radical (unpaired) electrons. The molecule has 58 valence electrons. The van der Waals surface area contributed by atoms with Crippen LogP contribution >= 0.6 is 0 Å². The summed E-state index contributed by atoms with van der Waals surface area (Å²) in [5, 5.41) is 35.7. The first-order chi connectivity index (χ1) is 4.46. The van der Waals surface area contributed by atoms with E-state index in [2.05, 4.69) is 0 Å². The molecule has 0 heterocycles. The smallest absolute Gasteiger partial charge is 0.547 e. The van der Waals surface area contributed by atoms with E-state index in [1.807, 2.05) is 0 Å². The van der Waals surface area contributed by atoms with Crippen molar-refractivity contribution in [1.29, 1.82) is 0 Å². The summed E-state index contributed by atoms with van der Waals surface area (Å²) < 4.78 is 0. The monoisotopic (exact) mass is 233 g/mol. The Hall–Kier alpha value is 2.50. The maximum atomic E-state index is 9.63. The topological polar surface area (TPSA) is 121 Å². The molecule has 13 heavy (non-hydrogen) atoms. The van der Waals surface area contributed by atoms with Crippen LogP contribution in [0.5, 0.6) is 0 Å². The number of aliphatic hydroxyl groups excluding tert-OH is 2. The van der Waals surface area contributed by atoms with E-state index in [1.54, 1.807) is 0 Å². The average molecular weight is 233 g/mol. The second-order valence-electron chi connectivity index (χ2n) is 1.53. The van der Waals surface area contributed by atoms with E-state index in [9.17, 15) is 19.8 Å². The van der Waals surface area contributed by atoms with Crippen LogP contribution in [0.4, 0.5) is 0 Å². The Bertz CT molecular complexity index is 147. The Morgan fingerprint density at radius 2 is 1.08 bits per heavy atom. The van der Waals surface area contributed by atoms with E-state index < -0.39 is 24.1 Å². The van der Waals surface area contributed by atoms with Crippen LogP contribution in [0.3, 0.4) is 0 Å². The van der Waals surface area contributed by atoms with Crippen molar-refractivity contribution in [2.75, 3.05) is 0 Å². The number of rotatable bonds is 3. The molecule has 0 aromatic carbocycles. The molecule has 0 rings (SSSR count). The number of carboxylic acid groups (broad SMARTS) is 2. The van der Waals surface area contributed by atoms with E-state index in [1.165, 1.54) is 0 Å². The first-order valence-corrected chi connectivity index (χ1v) is 2.24. The van der Waals surface area contributed by atoms with Gasteiger partial charge in [-0.1, -0.05) is 0 Å². The molecular weight excluding hydrogens is 229 g/mol. The van der Waals surface area contributed by atoms with Crippen molar-refractivity contribution >= 4 is 11.9 Å². The third-order valence-electron chi connectivity index (χ3n) is 0.782. The Morgan fingerprint density at radius 3 is 1.15 bits per heavy atom. The summed E-state index contributed by atoms with van der Waals surface area (Å²) in [5.41, 5.74) is 0. The van der Waals surface area contributed by atoms with Gasteiger partial charge in [0.25, 0.3) is 0 Å². The molecule has 0 aliphatic heterocycles. The quantitative estimate of drug-likeness (QED) is 0.467. The van der Waals surface area contributed by atoms with Crippen molar-refractivity contribution in [3.05, 3.63) is 0 Å². The zero-order valence-electron chi connectivity index (χ0n) is 7.68. The van der Waals surface area contributed by atoms with Crippen LogP contribution in [0, 0.1) is 0 Å². The fraction of sp³-hybridized carbons (Fsp3) is 0.500. The van der Waals surface area contributed by atoms with Crippen LogP contribution in [-0.2, 0) is 9.59 Å². The summed E-state index contributed by atoms with van der Waals surface area (Å²) in [7, 11) is 0. The Labute approximate surface area is 161 Å². The van der Waals surface area contributed by atoms with Crippen LogP contribution in [0.15, 0.2) is 0 Å². The minimum atomic E-state index is -2.44. The van der Waals surface area contributed by atoms with E-state index in [0.29, 0.717) is 0 Å². The van der Waals surface area contributed by atoms with Gasteiger partial charge in [0.15, 0.2) is 0 Å². The van der Waals surface area contributed by atoms with Gasteiger partial charge in [-0.2, -0.15) is 0 Å². The molecule has 9 heteroatoms. The van der Waals surface area contributed by atoms with E-state index >= 15 is 0 Å². The predicted molar refractivity (Wildman–Crippen MR) is 22.0 cm³/mol. The summed E-state index contributed by atoms with van der Waals surface area (Å²) in [6.45, 7) is 0. The second-order valence-corrected chi connectivity index (χ2v) is 1.53. The van der Waals surface area contributed by atoms with Crippen molar-refractivity contribution in [2.24, 2.45) is 0 Å². The SMILES string of the molecule is O=C([O-])C(O)C(O)C(=O)[O-].[K+].[Na+].[Na+]. The molecule has 0 saturated carbocycles. The fourth-order valence-electron chi connectivity index (χ4n) is 0.258. The van der Waals surface area contributed by atoms with Gasteiger partial charge in [-0.15, -0.1) is 0 Å². The first kappa shape index (κ1) is 24.6. The Kier molecular flexibility index (Phi) is 23.8. The molecule has 0 saturated heterocycles. The molecule has 0 aromatic rings. The van der Waals surface area contributed by atoms with Crippen molar-refractivity contribution in [2.45, 2.75) is 12.2 Å². The van der Waals surface area contributed by atoms with Crippen LogP contribution < -0.4 is 121 Å². The summed E-state index contributed by atoms with van der Waals surface area (Å²) in [6, 6.07) is 0. The maximum absolute atomic E-state index is 9.63. The molecule has 0 aliphatic rings. The normalized spacial score (nSPS) is 12.2. The number of hydrogen-bond acceptors (Lipinski definition) is 6. The third-order valence-corrected chi connectivity index (χ3v) is 0.782. The van der Waals surface area contributed by atoms with Gasteiger partial charge in [-0.25, -0.2) is 0 Å². The number of hydrogen-bond donors (Lipinski definition) is 2. The van der Waals surface area contributed by atoms with Gasteiger partial charge in [0, 0.05) is 0 Å². The molecule has 0 amide bonds. The van der Waals surface area contributed by atoms with Gasteiger partial charge in [0.1, 0.15) is 12.2 Å². The number of aliphatic hydroxyl groups is 2. The summed E-state index contributed by atoms with van der Waals surface area (Å²) in [4.78, 5) is 19.3. The zero-order chi connectivity index (χ0) is 8.31. The molecule has 0 aliphatic carbocycles. The summed E-state index contributed by atoms with van der Waals surface area (Å²) in [5.74, 6) is -4.12. The fourth-order valence-corrected chi connectivity index (χ4v) is 0.258. The van der Waals surface area contributed by atoms with E-state index in [-0.39, 0.29) is 110 Å². The van der Waals surface area contributed by atoms with Gasteiger partial charge in [-0.05, 0) is 0 Å². The minimum absolute atomic E-state index is 0. The Morgan fingerprint density at radius 1 is 0.923 bits per heavy atom. The van der Waals surface area contributed by atoms with Crippen molar-refractivity contribution < 1.29 is 141 Å². The predicted octanol–water partition coefficient (Wildman–Crippen LogP) is -13.8. The molecule has 0 spiro atoms. The zero-order valence-corrected chi connectivity index (χ0v) is 14.8. The van der Waals surface area contributed by atoms with E-state index in [4.69, 9.17) is 10.2 Å². The van der Waals surface area contributed by atoms with Gasteiger partial charge >= 0.3 is 110 Å². The summed E-state index contributed by atoms with van der Waals surface area (Å²) >= 11 is 0. The molecule has 2 atom stereocenters. The molecular formula is C4H4KNa2O6+. The van der Waals surface area contributed by atoms with E-state index in [0.717, 1.165) is 0 Å². The molecule has 6 nitrogen and oxygen atoms in total. The minimum Gasteiger partial charge on any atom is -0.547 e. The standard InChI is InChI=1S/C4H6O6.K.2Na/c5-1(3(7)8)2(6)4(9)10;;;/h1-2,5-6H,(H,7,8)(H,9,10);;;/q;3*+1/p-2. The van der Waals surface area contributed by atoms with Gasteiger partial charge in [0.2, 0.25) is 0 Å². The van der Waals surface area contributed by atoms with Crippen LogP contribution in [-0.4, -0.2) is 34.4 Å². The van der Waals surface area contributed by atoms with Crippen molar-refractivity contribution in [3.8, 4) is 0 Å². The largest absolute Gasteiger partial charge is 1.00 e. The van der Waals surface area contributed by atoms with Gasteiger partial charge in [0.05, 0.1) is 11.9 Å². The Balaban J connectivity index is -0.000000135. The first-order valence-electron chi connectivity index (χ1n) is 2.24. The molecule has 2 unspecified atom stereocenters. The van der Waals surface area contributed by atoms with Gasteiger partial charge < -0.3 is 30.0 Å². The molecule has 0 fully saturated rings. The van der Waals surface area contributed by atoms with Crippen LogP contribution in [0.2, 0.25) is 0 Å². The molecule has 2 N–H and O–H groups in total. The van der Waals surface area contributed by atoms with Crippen molar-refractivity contribution in [1.82, 2.24) is 0 Å². The number of carboxylic acids is 2.